The average Bonchev–Trinajstić information content (AvgIpc) is 2.88. The first-order valence-corrected chi connectivity index (χ1v) is 13.1. The lowest BCUT2D eigenvalue weighted by Crippen LogP contribution is -2.56. The Morgan fingerprint density at radius 3 is 2.36 bits per heavy atom. The number of nitrogens with one attached hydrogen (secondary N) is 2. The molecule has 1 aliphatic rings. The summed E-state index contributed by atoms with van der Waals surface area (Å²) in [7, 11) is 0. The maximum absolute atomic E-state index is 14.1. The normalized spacial score (nSPS) is 14.4. The summed E-state index contributed by atoms with van der Waals surface area (Å²) in [5.74, 6) is -1.24. The minimum Gasteiger partial charge on any atom is -0.444 e. The van der Waals surface area contributed by atoms with Crippen molar-refractivity contribution in [1.29, 1.82) is 0 Å². The van der Waals surface area contributed by atoms with Crippen molar-refractivity contribution in [2.24, 2.45) is 0 Å². The highest BCUT2D eigenvalue weighted by molar-refractivity contribution is 6.30. The van der Waals surface area contributed by atoms with E-state index in [-0.39, 0.29) is 30.9 Å². The quantitative estimate of drug-likeness (QED) is 0.454. The molecule has 0 spiro atoms. The monoisotopic (exact) mass is 560 g/mol. The molecular formula is C28H34ClFN4O5. The third-order valence-corrected chi connectivity index (χ3v) is 6.34. The van der Waals surface area contributed by atoms with Gasteiger partial charge in [-0.2, -0.15) is 0 Å². The van der Waals surface area contributed by atoms with Gasteiger partial charge in [-0.05, 0) is 50.6 Å². The molecular weight excluding hydrogens is 527 g/mol. The number of rotatable bonds is 9. The third kappa shape index (κ3) is 8.95. The van der Waals surface area contributed by atoms with Crippen LogP contribution in [0.3, 0.4) is 0 Å². The summed E-state index contributed by atoms with van der Waals surface area (Å²) in [6.07, 6.45) is 0.0851. The molecule has 9 nitrogen and oxygen atoms in total. The first kappa shape index (κ1) is 29.9. The molecule has 1 aliphatic heterocycles. The Morgan fingerprint density at radius 1 is 1.08 bits per heavy atom. The van der Waals surface area contributed by atoms with Crippen LogP contribution in [-0.4, -0.2) is 73.5 Å². The van der Waals surface area contributed by atoms with Gasteiger partial charge in [0.15, 0.2) is 6.29 Å². The van der Waals surface area contributed by atoms with Gasteiger partial charge in [0.1, 0.15) is 17.5 Å². The predicted molar refractivity (Wildman–Crippen MR) is 147 cm³/mol. The molecule has 0 saturated carbocycles. The third-order valence-electron chi connectivity index (χ3n) is 6.09. The maximum atomic E-state index is 14.1. The number of carbonyl (C=O) groups excluding carboxylic acids is 4. The largest absolute Gasteiger partial charge is 0.444 e. The van der Waals surface area contributed by atoms with Crippen LogP contribution >= 0.6 is 11.6 Å². The molecule has 0 aliphatic carbocycles. The van der Waals surface area contributed by atoms with Crippen LogP contribution in [-0.2, 0) is 20.7 Å². The summed E-state index contributed by atoms with van der Waals surface area (Å²) < 4.78 is 19.2. The Hall–Kier alpha value is -3.66. The maximum Gasteiger partial charge on any atom is 0.407 e. The lowest BCUT2D eigenvalue weighted by molar-refractivity contribution is -0.136. The van der Waals surface area contributed by atoms with Crippen molar-refractivity contribution >= 4 is 41.5 Å². The SMILES string of the molecule is CC(C)(C)OC(=O)NCCC(=O)NC(Cc1ccc(Cl)cc1)C(=O)N1CCN(c2cccc(F)c2C=O)CC1. The topological polar surface area (TPSA) is 108 Å². The minimum atomic E-state index is -0.841. The van der Waals surface area contributed by atoms with Gasteiger partial charge in [-0.1, -0.05) is 29.8 Å². The van der Waals surface area contributed by atoms with E-state index in [4.69, 9.17) is 16.3 Å². The van der Waals surface area contributed by atoms with Crippen molar-refractivity contribution in [1.82, 2.24) is 15.5 Å². The van der Waals surface area contributed by atoms with Gasteiger partial charge in [0, 0.05) is 50.6 Å². The molecule has 39 heavy (non-hydrogen) atoms. The molecule has 210 valence electrons. The number of hydrogen-bond donors (Lipinski definition) is 2. The number of carbonyl (C=O) groups is 4. The average molecular weight is 561 g/mol. The van der Waals surface area contributed by atoms with Gasteiger partial charge in [0.2, 0.25) is 11.8 Å². The van der Waals surface area contributed by atoms with E-state index in [0.717, 1.165) is 5.56 Å². The van der Waals surface area contributed by atoms with Crippen molar-refractivity contribution < 1.29 is 28.3 Å². The molecule has 3 amide bonds. The molecule has 1 heterocycles. The highest BCUT2D eigenvalue weighted by atomic mass is 35.5. The van der Waals surface area contributed by atoms with Gasteiger partial charge in [-0.3, -0.25) is 14.4 Å². The van der Waals surface area contributed by atoms with Gasteiger partial charge >= 0.3 is 6.09 Å². The number of amides is 3. The van der Waals surface area contributed by atoms with Crippen LogP contribution in [0, 0.1) is 5.82 Å². The second-order valence-electron chi connectivity index (χ2n) is 10.2. The smallest absolute Gasteiger partial charge is 0.407 e. The molecule has 11 heteroatoms. The van der Waals surface area contributed by atoms with Crippen molar-refractivity contribution in [3.05, 3.63) is 64.4 Å². The molecule has 1 saturated heterocycles. The second-order valence-corrected chi connectivity index (χ2v) is 10.7. The fourth-order valence-electron chi connectivity index (χ4n) is 4.22. The summed E-state index contributed by atoms with van der Waals surface area (Å²) >= 11 is 6.00. The molecule has 0 aromatic heterocycles. The molecule has 1 unspecified atom stereocenters. The van der Waals surface area contributed by atoms with E-state index >= 15 is 0 Å². The molecule has 2 N–H and O–H groups in total. The number of nitrogens with zero attached hydrogens (tertiary/aromatic N) is 2. The summed E-state index contributed by atoms with van der Waals surface area (Å²) in [6.45, 7) is 6.74. The predicted octanol–water partition coefficient (Wildman–Crippen LogP) is 3.58. The molecule has 3 rings (SSSR count). The molecule has 2 aromatic carbocycles. The molecule has 0 bridgehead atoms. The van der Waals surface area contributed by atoms with E-state index in [2.05, 4.69) is 10.6 Å². The van der Waals surface area contributed by atoms with Crippen molar-refractivity contribution in [2.45, 2.75) is 45.3 Å². The first-order chi connectivity index (χ1) is 18.5. The molecule has 1 atom stereocenters. The Balaban J connectivity index is 1.63. The van der Waals surface area contributed by atoms with Crippen LogP contribution in [0.15, 0.2) is 42.5 Å². The molecule has 0 radical (unpaired) electrons. The Kier molecular flexibility index (Phi) is 10.3. The summed E-state index contributed by atoms with van der Waals surface area (Å²) in [6, 6.07) is 10.6. The van der Waals surface area contributed by atoms with E-state index in [0.29, 0.717) is 43.2 Å². The van der Waals surface area contributed by atoms with Crippen LogP contribution in [0.4, 0.5) is 14.9 Å². The van der Waals surface area contributed by atoms with Crippen LogP contribution in [0.2, 0.25) is 5.02 Å². The van der Waals surface area contributed by atoms with Gasteiger partial charge < -0.3 is 25.2 Å². The van der Waals surface area contributed by atoms with Crippen LogP contribution in [0.5, 0.6) is 0 Å². The van der Waals surface area contributed by atoms with E-state index in [1.807, 2.05) is 4.90 Å². The highest BCUT2D eigenvalue weighted by Gasteiger charge is 2.30. The molecule has 2 aromatic rings. The van der Waals surface area contributed by atoms with E-state index in [9.17, 15) is 23.6 Å². The van der Waals surface area contributed by atoms with Gasteiger partial charge in [-0.25, -0.2) is 9.18 Å². The van der Waals surface area contributed by atoms with Crippen LogP contribution in [0.25, 0.3) is 0 Å². The number of ether oxygens (including phenoxy) is 1. The fourth-order valence-corrected chi connectivity index (χ4v) is 4.35. The number of aldehydes is 1. The Bertz CT molecular complexity index is 1180. The fraction of sp³-hybridized carbons (Fsp3) is 0.429. The summed E-state index contributed by atoms with van der Waals surface area (Å²) in [5.41, 5.74) is 0.639. The van der Waals surface area contributed by atoms with Crippen molar-refractivity contribution in [3.63, 3.8) is 0 Å². The van der Waals surface area contributed by atoms with Crippen molar-refractivity contribution in [2.75, 3.05) is 37.6 Å². The van der Waals surface area contributed by atoms with Crippen molar-refractivity contribution in [3.8, 4) is 0 Å². The number of piperazine rings is 1. The number of hydrogen-bond acceptors (Lipinski definition) is 6. The number of alkyl carbamates (subject to hydrolysis) is 1. The van der Waals surface area contributed by atoms with Gasteiger partial charge in [0.25, 0.3) is 0 Å². The summed E-state index contributed by atoms with van der Waals surface area (Å²) in [5, 5.41) is 5.90. The van der Waals surface area contributed by atoms with Gasteiger partial charge in [-0.15, -0.1) is 0 Å². The van der Waals surface area contributed by atoms with E-state index in [1.165, 1.54) is 6.07 Å². The zero-order chi connectivity index (χ0) is 28.6. The Labute approximate surface area is 232 Å². The van der Waals surface area contributed by atoms with E-state index in [1.54, 1.807) is 62.1 Å². The minimum absolute atomic E-state index is 0.00912. The number of anilines is 1. The van der Waals surface area contributed by atoms with E-state index < -0.39 is 29.5 Å². The lowest BCUT2D eigenvalue weighted by Gasteiger charge is -2.38. The Morgan fingerprint density at radius 2 is 1.74 bits per heavy atom. The highest BCUT2D eigenvalue weighted by Crippen LogP contribution is 2.23. The zero-order valence-corrected chi connectivity index (χ0v) is 23.1. The molecule has 1 fully saturated rings. The lowest BCUT2D eigenvalue weighted by atomic mass is 10.0. The number of benzene rings is 2. The van der Waals surface area contributed by atoms with Gasteiger partial charge in [0.05, 0.1) is 11.3 Å². The second kappa shape index (κ2) is 13.4. The first-order valence-electron chi connectivity index (χ1n) is 12.7. The zero-order valence-electron chi connectivity index (χ0n) is 22.3. The van der Waals surface area contributed by atoms with Crippen LogP contribution in [0.1, 0.15) is 43.1 Å². The van der Waals surface area contributed by atoms with Crippen LogP contribution < -0.4 is 15.5 Å². The standard InChI is InChI=1S/C28H34ClFN4O5/c1-28(2,3)39-27(38)31-12-11-25(36)32-23(17-19-7-9-20(29)10-8-19)26(37)34-15-13-33(14-16-34)24-6-4-5-22(30)21(24)18-35/h4-10,18,23H,11-17H2,1-3H3,(H,31,38)(H,32,36). The summed E-state index contributed by atoms with van der Waals surface area (Å²) in [4.78, 5) is 53.0. The number of halogens is 2.